The van der Waals surface area contributed by atoms with E-state index in [2.05, 4.69) is 0 Å². The van der Waals surface area contributed by atoms with Gasteiger partial charge in [-0.2, -0.15) is 0 Å². The van der Waals surface area contributed by atoms with E-state index < -0.39 is 37.5 Å². The van der Waals surface area contributed by atoms with E-state index >= 15 is 0 Å². The molecular weight excluding hydrogens is 392 g/mol. The van der Waals surface area contributed by atoms with Crippen LogP contribution in [0.4, 0.5) is 0 Å². The summed E-state index contributed by atoms with van der Waals surface area (Å²) in [4.78, 5) is 46.5. The van der Waals surface area contributed by atoms with Crippen LogP contribution in [0, 0.1) is 0 Å². The number of carbonyl (C=O) groups is 4. The van der Waals surface area contributed by atoms with Crippen LogP contribution in [0.25, 0.3) is 0 Å². The van der Waals surface area contributed by atoms with Gasteiger partial charge in [0.05, 0.1) is 11.1 Å². The van der Waals surface area contributed by atoms with Crippen molar-refractivity contribution in [2.45, 2.75) is 25.7 Å². The van der Waals surface area contributed by atoms with E-state index in [-0.39, 0.29) is 12.8 Å². The molecule has 30 heavy (non-hydrogen) atoms. The highest BCUT2D eigenvalue weighted by atomic mass is 16.7. The first kappa shape index (κ1) is 22.6. The Morgan fingerprint density at radius 1 is 0.533 bits per heavy atom. The monoisotopic (exact) mass is 414 g/mol. The number of esters is 4. The van der Waals surface area contributed by atoms with Crippen molar-refractivity contribution in [3.8, 4) is 0 Å². The fourth-order valence-electron chi connectivity index (χ4n) is 2.30. The standard InChI is InChI=1S/C22H22O8/c23-19(27-15-29-21(25)17-9-3-1-4-10-17)13-7-8-14-20(24)28-16-30-22(26)18-11-5-2-6-12-18/h1-6,9-12H,7-8,13-16H2. The maximum atomic E-state index is 11.7. The van der Waals surface area contributed by atoms with Crippen molar-refractivity contribution in [2.75, 3.05) is 13.6 Å². The molecule has 0 saturated heterocycles. The van der Waals surface area contributed by atoms with Crippen molar-refractivity contribution >= 4 is 23.9 Å². The molecule has 2 aromatic carbocycles. The lowest BCUT2D eigenvalue weighted by Gasteiger charge is -2.07. The van der Waals surface area contributed by atoms with Gasteiger partial charge in [-0.15, -0.1) is 0 Å². The Labute approximate surface area is 173 Å². The summed E-state index contributed by atoms with van der Waals surface area (Å²) in [5.41, 5.74) is 0.725. The Balaban J connectivity index is 1.49. The lowest BCUT2D eigenvalue weighted by atomic mass is 10.2. The molecule has 0 aliphatic heterocycles. The molecule has 0 saturated carbocycles. The predicted molar refractivity (Wildman–Crippen MR) is 104 cm³/mol. The number of hydrogen-bond acceptors (Lipinski definition) is 8. The summed E-state index contributed by atoms with van der Waals surface area (Å²) < 4.78 is 19.3. The van der Waals surface area contributed by atoms with E-state index in [1.807, 2.05) is 0 Å². The smallest absolute Gasteiger partial charge is 0.340 e. The zero-order valence-corrected chi connectivity index (χ0v) is 16.3. The van der Waals surface area contributed by atoms with Gasteiger partial charge in [0.1, 0.15) is 0 Å². The lowest BCUT2D eigenvalue weighted by Crippen LogP contribution is -2.14. The Morgan fingerprint density at radius 2 is 0.900 bits per heavy atom. The molecule has 0 spiro atoms. The maximum absolute atomic E-state index is 11.7. The van der Waals surface area contributed by atoms with Crippen molar-refractivity contribution in [3.63, 3.8) is 0 Å². The molecule has 8 nitrogen and oxygen atoms in total. The van der Waals surface area contributed by atoms with Crippen molar-refractivity contribution in [1.82, 2.24) is 0 Å². The molecule has 0 unspecified atom stereocenters. The molecule has 0 N–H and O–H groups in total. The number of hydrogen-bond donors (Lipinski definition) is 0. The van der Waals surface area contributed by atoms with Crippen molar-refractivity contribution < 1.29 is 38.1 Å². The van der Waals surface area contributed by atoms with Crippen LogP contribution >= 0.6 is 0 Å². The van der Waals surface area contributed by atoms with Crippen LogP contribution < -0.4 is 0 Å². The van der Waals surface area contributed by atoms with Gasteiger partial charge >= 0.3 is 23.9 Å². The van der Waals surface area contributed by atoms with E-state index in [0.717, 1.165) is 0 Å². The number of unbranched alkanes of at least 4 members (excludes halogenated alkanes) is 1. The van der Waals surface area contributed by atoms with Gasteiger partial charge in [-0.05, 0) is 37.1 Å². The van der Waals surface area contributed by atoms with Crippen LogP contribution in [0.3, 0.4) is 0 Å². The highest BCUT2D eigenvalue weighted by molar-refractivity contribution is 5.89. The molecule has 0 bridgehead atoms. The summed E-state index contributed by atoms with van der Waals surface area (Å²) in [5.74, 6) is -2.25. The summed E-state index contributed by atoms with van der Waals surface area (Å²) >= 11 is 0. The lowest BCUT2D eigenvalue weighted by molar-refractivity contribution is -0.154. The van der Waals surface area contributed by atoms with E-state index in [4.69, 9.17) is 18.9 Å². The first-order valence-corrected chi connectivity index (χ1v) is 9.32. The summed E-state index contributed by atoms with van der Waals surface area (Å²) in [6.07, 6.45) is 0.924. The van der Waals surface area contributed by atoms with Crippen LogP contribution in [-0.4, -0.2) is 37.5 Å². The second-order valence-electron chi connectivity index (χ2n) is 6.07. The molecule has 0 radical (unpaired) electrons. The zero-order valence-electron chi connectivity index (χ0n) is 16.3. The quantitative estimate of drug-likeness (QED) is 0.313. The van der Waals surface area contributed by atoms with Gasteiger partial charge in [-0.3, -0.25) is 9.59 Å². The fourth-order valence-corrected chi connectivity index (χ4v) is 2.30. The average Bonchev–Trinajstić information content (AvgIpc) is 2.77. The van der Waals surface area contributed by atoms with Crippen molar-refractivity contribution in [3.05, 3.63) is 71.8 Å². The third kappa shape index (κ3) is 8.55. The molecule has 2 aromatic rings. The largest absolute Gasteiger partial charge is 0.428 e. The maximum Gasteiger partial charge on any atom is 0.340 e. The zero-order chi connectivity index (χ0) is 21.6. The van der Waals surface area contributed by atoms with E-state index in [9.17, 15) is 19.2 Å². The Kier molecular flexibility index (Phi) is 9.58. The second kappa shape index (κ2) is 12.7. The molecule has 8 heteroatoms. The fraction of sp³-hybridized carbons (Fsp3) is 0.273. The molecule has 2 rings (SSSR count). The summed E-state index contributed by atoms with van der Waals surface area (Å²) in [7, 11) is 0. The van der Waals surface area contributed by atoms with Gasteiger partial charge < -0.3 is 18.9 Å². The molecule has 0 aromatic heterocycles. The number of ether oxygens (including phenoxy) is 4. The van der Waals surface area contributed by atoms with Crippen LogP contribution in [0.5, 0.6) is 0 Å². The first-order chi connectivity index (χ1) is 14.6. The molecule has 0 aliphatic carbocycles. The van der Waals surface area contributed by atoms with Gasteiger partial charge in [0, 0.05) is 12.8 Å². The molecule has 0 atom stereocenters. The molecule has 0 amide bonds. The second-order valence-corrected chi connectivity index (χ2v) is 6.07. The van der Waals surface area contributed by atoms with E-state index in [0.29, 0.717) is 24.0 Å². The average molecular weight is 414 g/mol. The van der Waals surface area contributed by atoms with E-state index in [1.54, 1.807) is 60.7 Å². The van der Waals surface area contributed by atoms with E-state index in [1.165, 1.54) is 0 Å². The van der Waals surface area contributed by atoms with Gasteiger partial charge in [0.25, 0.3) is 0 Å². The third-order valence-electron chi connectivity index (χ3n) is 3.85. The van der Waals surface area contributed by atoms with Crippen molar-refractivity contribution in [2.24, 2.45) is 0 Å². The van der Waals surface area contributed by atoms with Gasteiger partial charge in [0.15, 0.2) is 0 Å². The van der Waals surface area contributed by atoms with Crippen molar-refractivity contribution in [1.29, 1.82) is 0 Å². The molecule has 0 fully saturated rings. The molecular formula is C22H22O8. The normalized spacial score (nSPS) is 10.0. The van der Waals surface area contributed by atoms with Gasteiger partial charge in [0.2, 0.25) is 13.6 Å². The van der Waals surface area contributed by atoms with Crippen LogP contribution in [0.15, 0.2) is 60.7 Å². The number of carbonyl (C=O) groups excluding carboxylic acids is 4. The number of benzene rings is 2. The SMILES string of the molecule is O=C(CCCCC(=O)OCOC(=O)c1ccccc1)OCOC(=O)c1ccccc1. The topological polar surface area (TPSA) is 105 Å². The van der Waals surface area contributed by atoms with Crippen LogP contribution in [0.1, 0.15) is 46.4 Å². The highest BCUT2D eigenvalue weighted by Crippen LogP contribution is 2.05. The highest BCUT2D eigenvalue weighted by Gasteiger charge is 2.10. The summed E-state index contributed by atoms with van der Waals surface area (Å²) in [6, 6.07) is 16.7. The summed E-state index contributed by atoms with van der Waals surface area (Å²) in [6.45, 7) is -0.942. The minimum Gasteiger partial charge on any atom is -0.428 e. The molecule has 0 heterocycles. The Morgan fingerprint density at radius 3 is 1.27 bits per heavy atom. The first-order valence-electron chi connectivity index (χ1n) is 9.32. The Hall–Kier alpha value is -3.68. The van der Waals surface area contributed by atoms with Gasteiger partial charge in [-0.1, -0.05) is 36.4 Å². The third-order valence-corrected chi connectivity index (χ3v) is 3.85. The van der Waals surface area contributed by atoms with Crippen LogP contribution in [0.2, 0.25) is 0 Å². The molecule has 158 valence electrons. The predicted octanol–water partition coefficient (Wildman–Crippen LogP) is 3.26. The Bertz CT molecular complexity index is 761. The summed E-state index contributed by atoms with van der Waals surface area (Å²) in [5, 5.41) is 0. The minimum absolute atomic E-state index is 0.0686. The van der Waals surface area contributed by atoms with Gasteiger partial charge in [-0.25, -0.2) is 9.59 Å². The number of rotatable bonds is 11. The minimum atomic E-state index is -0.584. The molecule has 0 aliphatic rings. The van der Waals surface area contributed by atoms with Crippen LogP contribution in [-0.2, 0) is 28.5 Å².